The lowest BCUT2D eigenvalue weighted by Gasteiger charge is -2.09. The van der Waals surface area contributed by atoms with Crippen LogP contribution < -0.4 is 5.73 Å². The van der Waals surface area contributed by atoms with Gasteiger partial charge in [-0.2, -0.15) is 0 Å². The monoisotopic (exact) mass is 297 g/mol. The lowest BCUT2D eigenvalue weighted by molar-refractivity contribution is 0.0833. The number of benzene rings is 1. The van der Waals surface area contributed by atoms with Crippen LogP contribution in [0.4, 0.5) is 5.69 Å². The Kier molecular flexibility index (Phi) is 3.35. The number of aromatic nitrogens is 1. The highest BCUT2D eigenvalue weighted by molar-refractivity contribution is 7.21. The average molecular weight is 297 g/mol. The maximum absolute atomic E-state index is 12.2. The fourth-order valence-corrected chi connectivity index (χ4v) is 3.38. The van der Waals surface area contributed by atoms with Crippen molar-refractivity contribution < 1.29 is 4.79 Å². The molecular weight excluding hydrogens is 282 g/mol. The predicted octanol–water partition coefficient (Wildman–Crippen LogP) is 3.25. The van der Waals surface area contributed by atoms with Gasteiger partial charge in [-0.25, -0.2) is 4.98 Å². The molecule has 0 fully saturated rings. The fraction of sp³-hybridized carbons (Fsp3) is 0.125. The Bertz CT molecular complexity index is 809. The van der Waals surface area contributed by atoms with Gasteiger partial charge in [-0.3, -0.25) is 4.79 Å². The van der Waals surface area contributed by atoms with E-state index in [0.717, 1.165) is 21.3 Å². The highest BCUT2D eigenvalue weighted by Gasteiger charge is 2.20. The summed E-state index contributed by atoms with van der Waals surface area (Å²) in [4.78, 5) is 19.4. The summed E-state index contributed by atoms with van der Waals surface area (Å²) in [5, 5.41) is 0.860. The first kappa shape index (κ1) is 13.6. The molecule has 2 aromatic heterocycles. The summed E-state index contributed by atoms with van der Waals surface area (Å²) >= 11 is 1.34. The van der Waals surface area contributed by atoms with Gasteiger partial charge in [0.2, 0.25) is 0 Å². The van der Waals surface area contributed by atoms with E-state index in [-0.39, 0.29) is 5.91 Å². The SMILES string of the molecule is CN(C)C(=O)c1sc2nccc(-c3ccccc3)c2c1N. The number of rotatable bonds is 2. The Morgan fingerprint density at radius 2 is 1.90 bits per heavy atom. The van der Waals surface area contributed by atoms with Crippen molar-refractivity contribution in [2.45, 2.75) is 0 Å². The maximum Gasteiger partial charge on any atom is 0.265 e. The summed E-state index contributed by atoms with van der Waals surface area (Å²) in [5.41, 5.74) is 8.83. The van der Waals surface area contributed by atoms with Gasteiger partial charge in [0.25, 0.3) is 5.91 Å². The summed E-state index contributed by atoms with van der Waals surface area (Å²) in [6.45, 7) is 0. The van der Waals surface area contributed by atoms with Gasteiger partial charge in [-0.1, -0.05) is 30.3 Å². The molecule has 3 rings (SSSR count). The van der Waals surface area contributed by atoms with Crippen LogP contribution in [0, 0.1) is 0 Å². The maximum atomic E-state index is 12.2. The Balaban J connectivity index is 2.27. The van der Waals surface area contributed by atoms with Crippen molar-refractivity contribution in [3.63, 3.8) is 0 Å². The number of nitrogens with two attached hydrogens (primary N) is 1. The van der Waals surface area contributed by atoms with Crippen molar-refractivity contribution >= 4 is 33.1 Å². The quantitative estimate of drug-likeness (QED) is 0.790. The number of carbonyl (C=O) groups is 1. The van der Waals surface area contributed by atoms with Crippen LogP contribution in [-0.2, 0) is 0 Å². The lowest BCUT2D eigenvalue weighted by atomic mass is 10.0. The van der Waals surface area contributed by atoms with Crippen molar-refractivity contribution in [3.8, 4) is 11.1 Å². The molecule has 0 unspecified atom stereocenters. The number of nitrogens with zero attached hydrogens (tertiary/aromatic N) is 2. The van der Waals surface area contributed by atoms with Crippen LogP contribution in [0.5, 0.6) is 0 Å². The highest BCUT2D eigenvalue weighted by atomic mass is 32.1. The van der Waals surface area contributed by atoms with Crippen LogP contribution in [0.25, 0.3) is 21.3 Å². The van der Waals surface area contributed by atoms with E-state index in [4.69, 9.17) is 5.73 Å². The van der Waals surface area contributed by atoms with Gasteiger partial charge in [-0.15, -0.1) is 11.3 Å². The van der Waals surface area contributed by atoms with Crippen molar-refractivity contribution in [2.75, 3.05) is 19.8 Å². The number of hydrogen-bond donors (Lipinski definition) is 1. The molecule has 2 heterocycles. The van der Waals surface area contributed by atoms with E-state index in [1.54, 1.807) is 20.3 Å². The van der Waals surface area contributed by atoms with Gasteiger partial charge in [-0.05, 0) is 17.2 Å². The number of pyridine rings is 1. The number of fused-ring (bicyclic) bond motifs is 1. The number of hydrogen-bond acceptors (Lipinski definition) is 4. The van der Waals surface area contributed by atoms with Crippen LogP contribution in [0.2, 0.25) is 0 Å². The molecule has 0 aliphatic carbocycles. The first-order chi connectivity index (χ1) is 10.1. The average Bonchev–Trinajstić information content (AvgIpc) is 2.84. The Morgan fingerprint density at radius 1 is 1.19 bits per heavy atom. The van der Waals surface area contributed by atoms with Gasteiger partial charge in [0, 0.05) is 25.7 Å². The molecule has 106 valence electrons. The minimum Gasteiger partial charge on any atom is -0.397 e. The summed E-state index contributed by atoms with van der Waals surface area (Å²) < 4.78 is 0. The second kappa shape index (κ2) is 5.18. The van der Waals surface area contributed by atoms with Crippen molar-refractivity contribution in [1.29, 1.82) is 0 Å². The van der Waals surface area contributed by atoms with Crippen LogP contribution in [-0.4, -0.2) is 29.9 Å². The molecule has 0 bridgehead atoms. The third-order valence-electron chi connectivity index (χ3n) is 3.31. The Hall–Kier alpha value is -2.40. The molecule has 0 spiro atoms. The lowest BCUT2D eigenvalue weighted by Crippen LogP contribution is -2.21. The van der Waals surface area contributed by atoms with Gasteiger partial charge >= 0.3 is 0 Å². The molecule has 0 aliphatic heterocycles. The second-order valence-corrected chi connectivity index (χ2v) is 5.95. The van der Waals surface area contributed by atoms with Gasteiger partial charge in [0.1, 0.15) is 9.71 Å². The molecule has 0 atom stereocenters. The topological polar surface area (TPSA) is 59.2 Å². The standard InChI is InChI=1S/C16H15N3OS/c1-19(2)16(20)14-13(17)12-11(8-9-18-15(12)21-14)10-6-4-3-5-7-10/h3-9H,17H2,1-2H3. The zero-order valence-corrected chi connectivity index (χ0v) is 12.6. The molecular formula is C16H15N3OS. The number of anilines is 1. The normalized spacial score (nSPS) is 10.8. The Labute approximate surface area is 126 Å². The first-order valence-electron chi connectivity index (χ1n) is 6.53. The Morgan fingerprint density at radius 3 is 2.57 bits per heavy atom. The third kappa shape index (κ3) is 2.25. The molecule has 0 aliphatic rings. The zero-order valence-electron chi connectivity index (χ0n) is 11.8. The van der Waals surface area contributed by atoms with Crippen LogP contribution in [0.3, 0.4) is 0 Å². The minimum absolute atomic E-state index is 0.0884. The summed E-state index contributed by atoms with van der Waals surface area (Å²) in [7, 11) is 3.44. The number of amides is 1. The second-order valence-electron chi connectivity index (χ2n) is 4.95. The largest absolute Gasteiger partial charge is 0.397 e. The molecule has 4 nitrogen and oxygen atoms in total. The molecule has 0 saturated carbocycles. The smallest absolute Gasteiger partial charge is 0.265 e. The van der Waals surface area contributed by atoms with E-state index in [2.05, 4.69) is 4.98 Å². The van der Waals surface area contributed by atoms with E-state index < -0.39 is 0 Å². The van der Waals surface area contributed by atoms with Gasteiger partial charge in [0.05, 0.1) is 5.69 Å². The van der Waals surface area contributed by atoms with E-state index in [1.165, 1.54) is 16.2 Å². The number of nitrogen functional groups attached to an aromatic ring is 1. The fourth-order valence-electron chi connectivity index (χ4n) is 2.27. The minimum atomic E-state index is -0.0884. The molecule has 0 radical (unpaired) electrons. The van der Waals surface area contributed by atoms with Gasteiger partial charge in [0.15, 0.2) is 0 Å². The molecule has 2 N–H and O–H groups in total. The van der Waals surface area contributed by atoms with Crippen molar-refractivity contribution in [3.05, 3.63) is 47.5 Å². The molecule has 0 saturated heterocycles. The molecule has 1 aromatic carbocycles. The van der Waals surface area contributed by atoms with Crippen molar-refractivity contribution in [1.82, 2.24) is 9.88 Å². The van der Waals surface area contributed by atoms with E-state index in [1.807, 2.05) is 36.4 Å². The molecule has 3 aromatic rings. The van der Waals surface area contributed by atoms with E-state index in [9.17, 15) is 4.79 Å². The summed E-state index contributed by atoms with van der Waals surface area (Å²) in [6, 6.07) is 11.9. The molecule has 5 heteroatoms. The van der Waals surface area contributed by atoms with Crippen LogP contribution in [0.15, 0.2) is 42.6 Å². The predicted molar refractivity (Wildman–Crippen MR) is 87.5 cm³/mol. The molecule has 1 amide bonds. The van der Waals surface area contributed by atoms with E-state index >= 15 is 0 Å². The van der Waals surface area contributed by atoms with Crippen LogP contribution >= 0.6 is 11.3 Å². The van der Waals surface area contributed by atoms with Gasteiger partial charge < -0.3 is 10.6 Å². The van der Waals surface area contributed by atoms with E-state index in [0.29, 0.717) is 10.6 Å². The molecule has 21 heavy (non-hydrogen) atoms. The first-order valence-corrected chi connectivity index (χ1v) is 7.35. The number of carbonyl (C=O) groups excluding carboxylic acids is 1. The summed E-state index contributed by atoms with van der Waals surface area (Å²) in [5.74, 6) is -0.0884. The highest BCUT2D eigenvalue weighted by Crippen LogP contribution is 2.39. The van der Waals surface area contributed by atoms with Crippen molar-refractivity contribution in [2.24, 2.45) is 0 Å². The summed E-state index contributed by atoms with van der Waals surface area (Å²) in [6.07, 6.45) is 1.75. The third-order valence-corrected chi connectivity index (χ3v) is 4.42. The number of thiophene rings is 1. The zero-order chi connectivity index (χ0) is 15.0. The van der Waals surface area contributed by atoms with Crippen LogP contribution in [0.1, 0.15) is 9.67 Å².